The predicted octanol–water partition coefficient (Wildman–Crippen LogP) is 1.91. The Balaban J connectivity index is 1.74. The second-order valence-corrected chi connectivity index (χ2v) is 5.25. The molecule has 6 heteroatoms. The van der Waals surface area contributed by atoms with E-state index in [1.165, 1.54) is 5.56 Å². The molecular formula is C15H20N4O2. The van der Waals surface area contributed by atoms with E-state index in [1.807, 2.05) is 13.1 Å². The van der Waals surface area contributed by atoms with Gasteiger partial charge in [0.05, 0.1) is 13.2 Å². The number of pyridine rings is 1. The van der Waals surface area contributed by atoms with Crippen molar-refractivity contribution in [1.29, 1.82) is 0 Å². The summed E-state index contributed by atoms with van der Waals surface area (Å²) < 4.78 is 10.9. The molecule has 112 valence electrons. The van der Waals surface area contributed by atoms with Crippen LogP contribution in [-0.2, 0) is 17.7 Å². The van der Waals surface area contributed by atoms with E-state index in [-0.39, 0.29) is 6.04 Å². The quantitative estimate of drug-likeness (QED) is 0.856. The third-order valence-corrected chi connectivity index (χ3v) is 3.70. The van der Waals surface area contributed by atoms with Crippen molar-refractivity contribution in [2.24, 2.45) is 0 Å². The zero-order chi connectivity index (χ0) is 14.7. The molecule has 1 unspecified atom stereocenters. The molecule has 3 rings (SSSR count). The van der Waals surface area contributed by atoms with E-state index in [1.54, 1.807) is 0 Å². The van der Waals surface area contributed by atoms with Gasteiger partial charge in [-0.05, 0) is 25.0 Å². The van der Waals surface area contributed by atoms with Gasteiger partial charge < -0.3 is 9.26 Å². The van der Waals surface area contributed by atoms with Crippen molar-refractivity contribution in [3.63, 3.8) is 0 Å². The first kappa shape index (κ1) is 14.2. The molecule has 2 aromatic rings. The molecule has 0 saturated carbocycles. The zero-order valence-electron chi connectivity index (χ0n) is 12.5. The van der Waals surface area contributed by atoms with Crippen LogP contribution in [0.3, 0.4) is 0 Å². The van der Waals surface area contributed by atoms with Crippen LogP contribution in [0.1, 0.15) is 35.9 Å². The normalized spacial score (nSPS) is 19.8. The standard InChI is InChI=1S/C15H20N4O2/c1-3-13-5-4-12(8-16-13)9-19-6-7-20-10-14(19)15-17-11(2)18-21-15/h4-5,8,14H,3,6-7,9-10H2,1-2H3. The van der Waals surface area contributed by atoms with Crippen LogP contribution in [0.4, 0.5) is 0 Å². The van der Waals surface area contributed by atoms with Crippen LogP contribution in [0.2, 0.25) is 0 Å². The number of aromatic nitrogens is 3. The Morgan fingerprint density at radius 3 is 2.95 bits per heavy atom. The van der Waals surface area contributed by atoms with Gasteiger partial charge in [-0.15, -0.1) is 0 Å². The second-order valence-electron chi connectivity index (χ2n) is 5.25. The Kier molecular flexibility index (Phi) is 4.26. The Bertz CT molecular complexity index is 582. The predicted molar refractivity (Wildman–Crippen MR) is 76.6 cm³/mol. The van der Waals surface area contributed by atoms with Gasteiger partial charge in [0.25, 0.3) is 0 Å². The lowest BCUT2D eigenvalue weighted by molar-refractivity contribution is -0.0241. The van der Waals surface area contributed by atoms with Crippen molar-refractivity contribution < 1.29 is 9.26 Å². The van der Waals surface area contributed by atoms with E-state index >= 15 is 0 Å². The first-order chi connectivity index (χ1) is 10.3. The van der Waals surface area contributed by atoms with Crippen molar-refractivity contribution in [2.45, 2.75) is 32.9 Å². The SMILES string of the molecule is CCc1ccc(CN2CCOCC2c2nc(C)no2)cn1. The largest absolute Gasteiger partial charge is 0.378 e. The summed E-state index contributed by atoms with van der Waals surface area (Å²) in [6, 6.07) is 4.24. The summed E-state index contributed by atoms with van der Waals surface area (Å²) in [5, 5.41) is 3.88. The number of morpholine rings is 1. The van der Waals surface area contributed by atoms with Gasteiger partial charge in [-0.1, -0.05) is 18.1 Å². The average molecular weight is 288 g/mol. The van der Waals surface area contributed by atoms with Crippen molar-refractivity contribution in [2.75, 3.05) is 19.8 Å². The molecule has 21 heavy (non-hydrogen) atoms. The summed E-state index contributed by atoms with van der Waals surface area (Å²) in [5.74, 6) is 1.29. The lowest BCUT2D eigenvalue weighted by atomic mass is 10.1. The summed E-state index contributed by atoms with van der Waals surface area (Å²) in [6.45, 7) is 6.91. The number of nitrogens with zero attached hydrogens (tertiary/aromatic N) is 4. The summed E-state index contributed by atoms with van der Waals surface area (Å²) >= 11 is 0. The lowest BCUT2D eigenvalue weighted by Gasteiger charge is -2.33. The first-order valence-corrected chi connectivity index (χ1v) is 7.32. The molecule has 1 atom stereocenters. The molecule has 1 fully saturated rings. The van der Waals surface area contributed by atoms with E-state index in [0.29, 0.717) is 18.3 Å². The Morgan fingerprint density at radius 1 is 1.38 bits per heavy atom. The van der Waals surface area contributed by atoms with Crippen molar-refractivity contribution in [3.8, 4) is 0 Å². The van der Waals surface area contributed by atoms with Crippen molar-refractivity contribution in [1.82, 2.24) is 20.0 Å². The minimum atomic E-state index is 0.0193. The van der Waals surface area contributed by atoms with Crippen molar-refractivity contribution in [3.05, 3.63) is 41.3 Å². The fourth-order valence-electron chi connectivity index (χ4n) is 2.50. The van der Waals surface area contributed by atoms with Gasteiger partial charge in [0.2, 0.25) is 5.89 Å². The van der Waals surface area contributed by atoms with Crippen LogP contribution < -0.4 is 0 Å². The van der Waals surface area contributed by atoms with Crippen LogP contribution in [0.5, 0.6) is 0 Å². The first-order valence-electron chi connectivity index (χ1n) is 7.32. The second kappa shape index (κ2) is 6.32. The van der Waals surface area contributed by atoms with Gasteiger partial charge in [0, 0.05) is 25.0 Å². The van der Waals surface area contributed by atoms with Crippen LogP contribution in [0.25, 0.3) is 0 Å². The van der Waals surface area contributed by atoms with Gasteiger partial charge in [-0.3, -0.25) is 9.88 Å². The molecule has 1 aliphatic rings. The molecule has 3 heterocycles. The lowest BCUT2D eigenvalue weighted by Crippen LogP contribution is -2.39. The molecule has 0 amide bonds. The van der Waals surface area contributed by atoms with Crippen LogP contribution in [0, 0.1) is 6.92 Å². The molecule has 0 radical (unpaired) electrons. The number of ether oxygens (including phenoxy) is 1. The summed E-state index contributed by atoms with van der Waals surface area (Å²) in [4.78, 5) is 11.1. The smallest absolute Gasteiger partial charge is 0.246 e. The zero-order valence-corrected chi connectivity index (χ0v) is 12.5. The molecule has 0 N–H and O–H groups in total. The topological polar surface area (TPSA) is 64.3 Å². The molecule has 1 aliphatic heterocycles. The summed E-state index contributed by atoms with van der Waals surface area (Å²) in [6.07, 6.45) is 2.91. The van der Waals surface area contributed by atoms with Gasteiger partial charge >= 0.3 is 0 Å². The third kappa shape index (κ3) is 3.28. The van der Waals surface area contributed by atoms with E-state index in [0.717, 1.165) is 31.8 Å². The minimum Gasteiger partial charge on any atom is -0.378 e. The number of rotatable bonds is 4. The van der Waals surface area contributed by atoms with Crippen LogP contribution >= 0.6 is 0 Å². The highest BCUT2D eigenvalue weighted by molar-refractivity contribution is 5.14. The van der Waals surface area contributed by atoms with Crippen molar-refractivity contribution >= 4 is 0 Å². The Labute approximate surface area is 124 Å². The third-order valence-electron chi connectivity index (χ3n) is 3.70. The summed E-state index contributed by atoms with van der Waals surface area (Å²) in [5.41, 5.74) is 2.31. The maximum Gasteiger partial charge on any atom is 0.246 e. The molecule has 1 saturated heterocycles. The molecule has 0 aliphatic carbocycles. The number of aryl methyl sites for hydroxylation is 2. The highest BCUT2D eigenvalue weighted by Gasteiger charge is 2.29. The van der Waals surface area contributed by atoms with E-state index in [2.05, 4.69) is 39.1 Å². The Morgan fingerprint density at radius 2 is 2.29 bits per heavy atom. The van der Waals surface area contributed by atoms with E-state index in [9.17, 15) is 0 Å². The number of hydrogen-bond acceptors (Lipinski definition) is 6. The monoisotopic (exact) mass is 288 g/mol. The molecule has 0 bridgehead atoms. The van der Waals surface area contributed by atoms with Gasteiger partial charge in [0.15, 0.2) is 5.82 Å². The molecule has 6 nitrogen and oxygen atoms in total. The van der Waals surface area contributed by atoms with Crippen LogP contribution in [-0.4, -0.2) is 39.8 Å². The highest BCUT2D eigenvalue weighted by Crippen LogP contribution is 2.24. The van der Waals surface area contributed by atoms with Gasteiger partial charge in [0.1, 0.15) is 6.04 Å². The average Bonchev–Trinajstić information content (AvgIpc) is 2.95. The highest BCUT2D eigenvalue weighted by atomic mass is 16.5. The van der Waals surface area contributed by atoms with E-state index in [4.69, 9.17) is 9.26 Å². The Hall–Kier alpha value is -1.79. The maximum absolute atomic E-state index is 5.57. The van der Waals surface area contributed by atoms with Crippen LogP contribution in [0.15, 0.2) is 22.9 Å². The molecular weight excluding hydrogens is 268 g/mol. The number of hydrogen-bond donors (Lipinski definition) is 0. The fourth-order valence-corrected chi connectivity index (χ4v) is 2.50. The molecule has 0 spiro atoms. The fraction of sp³-hybridized carbons (Fsp3) is 0.533. The summed E-state index contributed by atoms with van der Waals surface area (Å²) in [7, 11) is 0. The molecule has 0 aromatic carbocycles. The van der Waals surface area contributed by atoms with E-state index < -0.39 is 0 Å². The minimum absolute atomic E-state index is 0.0193. The maximum atomic E-state index is 5.57. The molecule has 2 aromatic heterocycles. The van der Waals surface area contributed by atoms with Gasteiger partial charge in [-0.2, -0.15) is 4.98 Å². The van der Waals surface area contributed by atoms with Gasteiger partial charge in [-0.25, -0.2) is 0 Å².